The molecule has 0 aromatic rings. The highest BCUT2D eigenvalue weighted by Gasteiger charge is 2.43. The Morgan fingerprint density at radius 2 is 2.00 bits per heavy atom. The molecule has 0 N–H and O–H groups in total. The summed E-state index contributed by atoms with van der Waals surface area (Å²) in [5.74, 6) is 0. The van der Waals surface area contributed by atoms with Crippen LogP contribution in [0.3, 0.4) is 0 Å². The Labute approximate surface area is 96.9 Å². The lowest BCUT2D eigenvalue weighted by Crippen LogP contribution is -2.39. The molecule has 1 saturated carbocycles. The Hall–Kier alpha value is -1.06. The maximum absolute atomic E-state index is 11.7. The Morgan fingerprint density at radius 1 is 1.44 bits per heavy atom. The van der Waals surface area contributed by atoms with Crippen LogP contribution >= 0.6 is 0 Å². The van der Waals surface area contributed by atoms with Crippen molar-refractivity contribution < 1.29 is 14.3 Å². The normalized spacial score (nSPS) is 17.8. The Balaban J connectivity index is 2.54. The fourth-order valence-electron chi connectivity index (χ4n) is 1.63. The van der Waals surface area contributed by atoms with Crippen LogP contribution in [0, 0.1) is 5.41 Å². The van der Waals surface area contributed by atoms with Gasteiger partial charge in [0.05, 0.1) is 0 Å². The topological polar surface area (TPSA) is 46.6 Å². The second kappa shape index (κ2) is 4.44. The Bertz CT molecular complexity index is 276. The number of rotatable bonds is 4. The molecule has 4 heteroatoms. The molecule has 0 unspecified atom stereocenters. The minimum atomic E-state index is -0.554. The average Bonchev–Trinajstić information content (AvgIpc) is 2.92. The monoisotopic (exact) mass is 227 g/mol. The maximum atomic E-state index is 11.7. The molecular formula is C12H21NO3. The smallest absolute Gasteiger partial charge is 0.416 e. The standard InChI is InChI=1S/C12H21NO3/c1-5-12(6-7-12)8-13(9-14)10(15)16-11(2,3)4/h9H,5-8H2,1-4H3. The highest BCUT2D eigenvalue weighted by Crippen LogP contribution is 2.49. The molecule has 0 heterocycles. The van der Waals surface area contributed by atoms with Crippen molar-refractivity contribution in [3.63, 3.8) is 0 Å². The summed E-state index contributed by atoms with van der Waals surface area (Å²) < 4.78 is 5.16. The fraction of sp³-hybridized carbons (Fsp3) is 0.833. The summed E-state index contributed by atoms with van der Waals surface area (Å²) in [5, 5.41) is 0. The second-order valence-corrected chi connectivity index (χ2v) is 5.57. The summed E-state index contributed by atoms with van der Waals surface area (Å²) in [5.41, 5.74) is -0.390. The zero-order valence-corrected chi connectivity index (χ0v) is 10.6. The first-order chi connectivity index (χ1) is 7.32. The van der Waals surface area contributed by atoms with Crippen molar-refractivity contribution in [1.29, 1.82) is 0 Å². The van der Waals surface area contributed by atoms with Crippen LogP contribution in [0.4, 0.5) is 4.79 Å². The van der Waals surface area contributed by atoms with E-state index in [1.165, 1.54) is 0 Å². The van der Waals surface area contributed by atoms with Crippen LogP contribution in [0.5, 0.6) is 0 Å². The van der Waals surface area contributed by atoms with E-state index in [2.05, 4.69) is 6.92 Å². The van der Waals surface area contributed by atoms with Crippen LogP contribution < -0.4 is 0 Å². The molecule has 1 aliphatic rings. The summed E-state index contributed by atoms with van der Waals surface area (Å²) >= 11 is 0. The maximum Gasteiger partial charge on any atom is 0.416 e. The molecular weight excluding hydrogens is 206 g/mol. The van der Waals surface area contributed by atoms with E-state index < -0.39 is 11.7 Å². The van der Waals surface area contributed by atoms with Gasteiger partial charge >= 0.3 is 6.09 Å². The number of carbonyl (C=O) groups is 2. The SMILES string of the molecule is CCC1(CN(C=O)C(=O)OC(C)(C)C)CC1. The van der Waals surface area contributed by atoms with Gasteiger partial charge in [0.1, 0.15) is 5.60 Å². The third-order valence-corrected chi connectivity index (χ3v) is 2.97. The number of carbonyl (C=O) groups excluding carboxylic acids is 2. The zero-order chi connectivity index (χ0) is 12.4. The van der Waals surface area contributed by atoms with Gasteiger partial charge in [-0.2, -0.15) is 0 Å². The van der Waals surface area contributed by atoms with Gasteiger partial charge in [0, 0.05) is 6.54 Å². The predicted molar refractivity (Wildman–Crippen MR) is 61.0 cm³/mol. The summed E-state index contributed by atoms with van der Waals surface area (Å²) in [6.07, 6.45) is 3.22. The van der Waals surface area contributed by atoms with Crippen LogP contribution in [-0.2, 0) is 9.53 Å². The molecule has 0 aromatic heterocycles. The quantitative estimate of drug-likeness (QED) is 0.693. The molecule has 92 valence electrons. The molecule has 16 heavy (non-hydrogen) atoms. The minimum Gasteiger partial charge on any atom is -0.443 e. The van der Waals surface area contributed by atoms with Crippen LogP contribution in [0.15, 0.2) is 0 Å². The van der Waals surface area contributed by atoms with Crippen molar-refractivity contribution in [2.45, 2.75) is 52.6 Å². The van der Waals surface area contributed by atoms with Gasteiger partial charge in [0.15, 0.2) is 0 Å². The summed E-state index contributed by atoms with van der Waals surface area (Å²) in [7, 11) is 0. The fourth-order valence-corrected chi connectivity index (χ4v) is 1.63. The van der Waals surface area contributed by atoms with E-state index >= 15 is 0 Å². The van der Waals surface area contributed by atoms with Gasteiger partial charge in [-0.3, -0.25) is 4.79 Å². The third-order valence-electron chi connectivity index (χ3n) is 2.97. The Kier molecular flexibility index (Phi) is 3.61. The molecule has 0 aliphatic heterocycles. The van der Waals surface area contributed by atoms with Gasteiger partial charge in [-0.25, -0.2) is 9.69 Å². The van der Waals surface area contributed by atoms with Crippen molar-refractivity contribution in [1.82, 2.24) is 4.90 Å². The highest BCUT2D eigenvalue weighted by atomic mass is 16.6. The van der Waals surface area contributed by atoms with Crippen LogP contribution in [0.2, 0.25) is 0 Å². The van der Waals surface area contributed by atoms with E-state index in [1.54, 1.807) is 20.8 Å². The second-order valence-electron chi connectivity index (χ2n) is 5.57. The van der Waals surface area contributed by atoms with E-state index in [0.29, 0.717) is 13.0 Å². The lowest BCUT2D eigenvalue weighted by molar-refractivity contribution is -0.118. The molecule has 4 nitrogen and oxygen atoms in total. The molecule has 0 aromatic carbocycles. The van der Waals surface area contributed by atoms with E-state index in [0.717, 1.165) is 24.2 Å². The van der Waals surface area contributed by atoms with Crippen molar-refractivity contribution in [2.24, 2.45) is 5.41 Å². The van der Waals surface area contributed by atoms with Crippen LogP contribution in [0.25, 0.3) is 0 Å². The first-order valence-corrected chi connectivity index (χ1v) is 5.77. The summed E-state index contributed by atoms with van der Waals surface area (Å²) in [4.78, 5) is 23.7. The van der Waals surface area contributed by atoms with Gasteiger partial charge < -0.3 is 4.74 Å². The largest absolute Gasteiger partial charge is 0.443 e. The average molecular weight is 227 g/mol. The number of hydrogen-bond donors (Lipinski definition) is 0. The molecule has 1 rings (SSSR count). The molecule has 0 radical (unpaired) electrons. The summed E-state index contributed by atoms with van der Waals surface area (Å²) in [6, 6.07) is 0. The number of imide groups is 1. The number of ether oxygens (including phenoxy) is 1. The van der Waals surface area contributed by atoms with Crippen LogP contribution in [-0.4, -0.2) is 29.5 Å². The van der Waals surface area contributed by atoms with E-state index in [-0.39, 0.29) is 5.41 Å². The van der Waals surface area contributed by atoms with Crippen LogP contribution in [0.1, 0.15) is 47.0 Å². The molecule has 0 bridgehead atoms. The van der Waals surface area contributed by atoms with Gasteiger partial charge in [-0.1, -0.05) is 6.92 Å². The van der Waals surface area contributed by atoms with Crippen molar-refractivity contribution in [3.8, 4) is 0 Å². The lowest BCUT2D eigenvalue weighted by atomic mass is 10.0. The molecule has 2 amide bonds. The van der Waals surface area contributed by atoms with E-state index in [4.69, 9.17) is 4.74 Å². The molecule has 1 fully saturated rings. The van der Waals surface area contributed by atoms with Gasteiger partial charge in [0.2, 0.25) is 6.41 Å². The van der Waals surface area contributed by atoms with Crippen molar-refractivity contribution in [2.75, 3.05) is 6.54 Å². The number of nitrogens with zero attached hydrogens (tertiary/aromatic N) is 1. The number of hydrogen-bond acceptors (Lipinski definition) is 3. The lowest BCUT2D eigenvalue weighted by Gasteiger charge is -2.26. The Morgan fingerprint density at radius 3 is 2.31 bits per heavy atom. The molecule has 1 aliphatic carbocycles. The molecule has 0 saturated heterocycles. The van der Waals surface area contributed by atoms with Gasteiger partial charge in [-0.05, 0) is 45.4 Å². The number of amides is 2. The van der Waals surface area contributed by atoms with E-state index in [1.807, 2.05) is 0 Å². The first kappa shape index (κ1) is 13.0. The minimum absolute atomic E-state index is 0.164. The predicted octanol–water partition coefficient (Wildman–Crippen LogP) is 2.57. The summed E-state index contributed by atoms with van der Waals surface area (Å²) in [6.45, 7) is 7.95. The molecule has 0 spiro atoms. The van der Waals surface area contributed by atoms with E-state index in [9.17, 15) is 9.59 Å². The zero-order valence-electron chi connectivity index (χ0n) is 10.6. The first-order valence-electron chi connectivity index (χ1n) is 5.77. The highest BCUT2D eigenvalue weighted by molar-refractivity contribution is 5.80. The third kappa shape index (κ3) is 3.51. The van der Waals surface area contributed by atoms with Gasteiger partial charge in [0.25, 0.3) is 0 Å². The van der Waals surface area contributed by atoms with Crippen molar-refractivity contribution >= 4 is 12.5 Å². The van der Waals surface area contributed by atoms with Gasteiger partial charge in [-0.15, -0.1) is 0 Å². The van der Waals surface area contributed by atoms with Crippen molar-refractivity contribution in [3.05, 3.63) is 0 Å². The molecule has 0 atom stereocenters.